The van der Waals surface area contributed by atoms with Crippen LogP contribution in [-0.2, 0) is 11.2 Å². The number of aliphatic carboxylic acids is 1. The maximum absolute atomic E-state index is 10.8. The highest BCUT2D eigenvalue weighted by atomic mass is 35.5. The van der Waals surface area contributed by atoms with E-state index in [0.717, 1.165) is 38.0 Å². The molecule has 0 saturated carbocycles. The summed E-state index contributed by atoms with van der Waals surface area (Å²) in [6.45, 7) is 2.85. The molecule has 1 aliphatic rings. The number of halogens is 2. The topological polar surface area (TPSA) is 82.7 Å². The second kappa shape index (κ2) is 10.0. The molecule has 0 spiro atoms. The van der Waals surface area contributed by atoms with Crippen molar-refractivity contribution in [2.75, 3.05) is 33.2 Å². The Labute approximate surface area is 169 Å². The van der Waals surface area contributed by atoms with E-state index in [1.165, 1.54) is 0 Å². The van der Waals surface area contributed by atoms with Crippen LogP contribution in [0.4, 0.5) is 0 Å². The molecule has 3 rings (SSSR count). The first kappa shape index (κ1) is 21.6. The second-order valence-corrected chi connectivity index (χ2v) is 7.09. The average molecular weight is 415 g/mol. The van der Waals surface area contributed by atoms with Crippen LogP contribution in [0, 0.1) is 0 Å². The first-order valence-corrected chi connectivity index (χ1v) is 9.12. The van der Waals surface area contributed by atoms with Crippen molar-refractivity contribution < 1.29 is 14.4 Å². The van der Waals surface area contributed by atoms with Gasteiger partial charge in [-0.05, 0) is 45.1 Å². The number of piperidine rings is 1. The summed E-state index contributed by atoms with van der Waals surface area (Å²) in [6.07, 6.45) is 2.64. The Kier molecular flexibility index (Phi) is 8.04. The van der Waals surface area contributed by atoms with Crippen LogP contribution in [0.15, 0.2) is 28.8 Å². The van der Waals surface area contributed by atoms with Gasteiger partial charge in [-0.25, -0.2) is 0 Å². The Morgan fingerprint density at radius 3 is 2.81 bits per heavy atom. The number of likely N-dealkylation sites (N-methyl/N-ethyl adjacent to an activating group) is 1. The highest BCUT2D eigenvalue weighted by Gasteiger charge is 2.23. The number of aromatic nitrogens is 2. The minimum atomic E-state index is -0.776. The maximum Gasteiger partial charge on any atom is 0.317 e. The summed E-state index contributed by atoms with van der Waals surface area (Å²) in [5, 5.41) is 13.6. The van der Waals surface area contributed by atoms with Crippen LogP contribution < -0.4 is 0 Å². The van der Waals surface area contributed by atoms with Crippen molar-refractivity contribution in [1.29, 1.82) is 0 Å². The maximum atomic E-state index is 10.8. The second-order valence-electron chi connectivity index (χ2n) is 6.65. The Morgan fingerprint density at radius 1 is 1.41 bits per heavy atom. The Morgan fingerprint density at radius 2 is 2.15 bits per heavy atom. The molecule has 148 valence electrons. The lowest BCUT2D eigenvalue weighted by Crippen LogP contribution is -2.45. The fourth-order valence-corrected chi connectivity index (χ4v) is 3.47. The van der Waals surface area contributed by atoms with Crippen molar-refractivity contribution in [3.05, 3.63) is 35.2 Å². The molecule has 7 nitrogen and oxygen atoms in total. The number of rotatable bonds is 7. The number of likely N-dealkylation sites (tertiary alicyclic amines) is 1. The van der Waals surface area contributed by atoms with Crippen molar-refractivity contribution in [3.63, 3.8) is 0 Å². The molecule has 2 heterocycles. The summed E-state index contributed by atoms with van der Waals surface area (Å²) < 4.78 is 5.35. The molecule has 1 aliphatic heterocycles. The van der Waals surface area contributed by atoms with Gasteiger partial charge in [0.15, 0.2) is 0 Å². The summed E-state index contributed by atoms with van der Waals surface area (Å²) in [5.74, 6) is 0.392. The fourth-order valence-electron chi connectivity index (χ4n) is 3.28. The van der Waals surface area contributed by atoms with Crippen LogP contribution in [0.1, 0.15) is 18.7 Å². The first-order valence-electron chi connectivity index (χ1n) is 8.74. The van der Waals surface area contributed by atoms with Gasteiger partial charge < -0.3 is 14.5 Å². The zero-order valence-corrected chi connectivity index (χ0v) is 16.7. The lowest BCUT2D eigenvalue weighted by atomic mass is 10.0. The number of carboxylic acid groups (broad SMARTS) is 1. The standard InChI is InChI=1S/C18H23ClN4O3.ClH/c1-22(12-17(24)25)15-5-8-23(9-6-15)10-7-16-20-18(21-26-16)13-3-2-4-14(19)11-13;/h2-4,11,15H,5-10,12H2,1H3,(H,24,25);1H. The van der Waals surface area contributed by atoms with Gasteiger partial charge in [-0.3, -0.25) is 9.69 Å². The van der Waals surface area contributed by atoms with Gasteiger partial charge in [0, 0.05) is 29.6 Å². The van der Waals surface area contributed by atoms with E-state index in [9.17, 15) is 4.79 Å². The molecule has 0 amide bonds. The molecule has 0 atom stereocenters. The van der Waals surface area contributed by atoms with Crippen LogP contribution in [0.5, 0.6) is 0 Å². The summed E-state index contributed by atoms with van der Waals surface area (Å²) >= 11 is 6.00. The van der Waals surface area contributed by atoms with Gasteiger partial charge in [0.25, 0.3) is 0 Å². The molecule has 0 bridgehead atoms. The fraction of sp³-hybridized carbons (Fsp3) is 0.500. The van der Waals surface area contributed by atoms with E-state index in [1.807, 2.05) is 36.2 Å². The molecule has 2 aromatic rings. The number of hydrogen-bond donors (Lipinski definition) is 1. The van der Waals surface area contributed by atoms with E-state index in [4.69, 9.17) is 21.2 Å². The Balaban J connectivity index is 0.00000261. The predicted octanol–water partition coefficient (Wildman–Crippen LogP) is 2.84. The van der Waals surface area contributed by atoms with Gasteiger partial charge in [-0.2, -0.15) is 4.98 Å². The lowest BCUT2D eigenvalue weighted by molar-refractivity contribution is -0.138. The minimum Gasteiger partial charge on any atom is -0.480 e. The van der Waals surface area contributed by atoms with E-state index in [2.05, 4.69) is 15.0 Å². The third-order valence-electron chi connectivity index (χ3n) is 4.76. The van der Waals surface area contributed by atoms with Crippen LogP contribution in [0.2, 0.25) is 5.02 Å². The van der Waals surface area contributed by atoms with E-state index < -0.39 is 5.97 Å². The molecular weight excluding hydrogens is 391 g/mol. The van der Waals surface area contributed by atoms with Crippen LogP contribution in [0.25, 0.3) is 11.4 Å². The summed E-state index contributed by atoms with van der Waals surface area (Å²) in [6, 6.07) is 7.72. The summed E-state index contributed by atoms with van der Waals surface area (Å²) in [4.78, 5) is 19.5. The molecule has 9 heteroatoms. The molecule has 0 aliphatic carbocycles. The van der Waals surface area contributed by atoms with E-state index >= 15 is 0 Å². The van der Waals surface area contributed by atoms with E-state index in [1.54, 1.807) is 0 Å². The Bertz CT molecular complexity index is 748. The molecule has 1 fully saturated rings. The number of nitrogens with zero attached hydrogens (tertiary/aromatic N) is 4. The van der Waals surface area contributed by atoms with Crippen LogP contribution >= 0.6 is 24.0 Å². The predicted molar refractivity (Wildman–Crippen MR) is 105 cm³/mol. The van der Waals surface area contributed by atoms with Gasteiger partial charge in [-0.15, -0.1) is 12.4 Å². The third kappa shape index (κ3) is 6.17. The molecule has 27 heavy (non-hydrogen) atoms. The van der Waals surface area contributed by atoms with Crippen molar-refractivity contribution in [2.24, 2.45) is 0 Å². The molecular formula is C18H24Cl2N4O3. The van der Waals surface area contributed by atoms with Gasteiger partial charge in [0.2, 0.25) is 11.7 Å². The van der Waals surface area contributed by atoms with Gasteiger partial charge in [0.1, 0.15) is 0 Å². The molecule has 0 unspecified atom stereocenters. The monoisotopic (exact) mass is 414 g/mol. The highest BCUT2D eigenvalue weighted by Crippen LogP contribution is 2.20. The number of hydrogen-bond acceptors (Lipinski definition) is 6. The highest BCUT2D eigenvalue weighted by molar-refractivity contribution is 6.30. The Hall–Kier alpha value is -1.67. The number of carboxylic acids is 1. The smallest absolute Gasteiger partial charge is 0.317 e. The van der Waals surface area contributed by atoms with Crippen molar-refractivity contribution in [1.82, 2.24) is 19.9 Å². The normalized spacial score (nSPS) is 15.7. The molecule has 0 radical (unpaired) electrons. The van der Waals surface area contributed by atoms with E-state index in [0.29, 0.717) is 29.2 Å². The molecule has 1 N–H and O–H groups in total. The van der Waals surface area contributed by atoms with Gasteiger partial charge in [0.05, 0.1) is 6.54 Å². The van der Waals surface area contributed by atoms with Gasteiger partial charge in [-0.1, -0.05) is 28.9 Å². The average Bonchev–Trinajstić information content (AvgIpc) is 3.09. The summed E-state index contributed by atoms with van der Waals surface area (Å²) in [5.41, 5.74) is 0.842. The molecule has 1 aromatic heterocycles. The zero-order valence-electron chi connectivity index (χ0n) is 15.2. The first-order chi connectivity index (χ1) is 12.5. The van der Waals surface area contributed by atoms with Crippen LogP contribution in [0.3, 0.4) is 0 Å². The van der Waals surface area contributed by atoms with Crippen LogP contribution in [-0.4, -0.2) is 70.3 Å². The largest absolute Gasteiger partial charge is 0.480 e. The van der Waals surface area contributed by atoms with Crippen molar-refractivity contribution in [2.45, 2.75) is 25.3 Å². The minimum absolute atomic E-state index is 0. The third-order valence-corrected chi connectivity index (χ3v) is 4.99. The van der Waals surface area contributed by atoms with Gasteiger partial charge >= 0.3 is 5.97 Å². The lowest BCUT2D eigenvalue weighted by Gasteiger charge is -2.35. The molecule has 1 saturated heterocycles. The quantitative estimate of drug-likeness (QED) is 0.745. The van der Waals surface area contributed by atoms with E-state index in [-0.39, 0.29) is 19.0 Å². The molecule has 1 aromatic carbocycles. The zero-order chi connectivity index (χ0) is 18.5. The number of carbonyl (C=O) groups is 1. The summed E-state index contributed by atoms with van der Waals surface area (Å²) in [7, 11) is 1.88. The number of benzene rings is 1. The van der Waals surface area contributed by atoms with Crippen molar-refractivity contribution >= 4 is 30.0 Å². The van der Waals surface area contributed by atoms with Crippen molar-refractivity contribution in [3.8, 4) is 11.4 Å². The SMILES string of the molecule is CN(CC(=O)O)C1CCN(CCc2nc(-c3cccc(Cl)c3)no2)CC1.Cl.